The third-order valence-electron chi connectivity index (χ3n) is 2.53. The van der Waals surface area contributed by atoms with E-state index in [1.165, 1.54) is 0 Å². The first-order chi connectivity index (χ1) is 7.79. The van der Waals surface area contributed by atoms with Crippen molar-refractivity contribution >= 4 is 12.0 Å². The number of carbonyl (C=O) groups excluding carboxylic acids is 1. The van der Waals surface area contributed by atoms with Crippen molar-refractivity contribution in [3.8, 4) is 0 Å². The molecule has 100 valence electrons. The van der Waals surface area contributed by atoms with Gasteiger partial charge in [-0.25, -0.2) is 9.59 Å². The number of carbonyl (C=O) groups is 2. The molecule has 2 amide bonds. The van der Waals surface area contributed by atoms with Gasteiger partial charge in [0.2, 0.25) is 0 Å². The minimum absolute atomic E-state index is 0.0634. The van der Waals surface area contributed by atoms with Gasteiger partial charge in [0.05, 0.1) is 0 Å². The van der Waals surface area contributed by atoms with Gasteiger partial charge in [-0.15, -0.1) is 0 Å². The van der Waals surface area contributed by atoms with Crippen LogP contribution in [0.15, 0.2) is 0 Å². The number of nitrogens with zero attached hydrogens (tertiary/aromatic N) is 1. The van der Waals surface area contributed by atoms with E-state index in [-0.39, 0.29) is 18.0 Å². The standard InChI is InChI=1S/C12H24N2O3/c1-6-14(9(4)5)12(17)13-10(11(15)16)7-8(2)3/h8-10H,6-7H2,1-5H3,(H,13,17)(H,15,16). The third kappa shape index (κ3) is 5.56. The normalized spacial score (nSPS) is 12.6. The molecule has 0 aliphatic heterocycles. The highest BCUT2D eigenvalue weighted by atomic mass is 16.4. The zero-order chi connectivity index (χ0) is 13.6. The summed E-state index contributed by atoms with van der Waals surface area (Å²) in [5, 5.41) is 11.6. The Labute approximate surface area is 103 Å². The fraction of sp³-hybridized carbons (Fsp3) is 0.833. The predicted molar refractivity (Wildman–Crippen MR) is 66.9 cm³/mol. The van der Waals surface area contributed by atoms with E-state index in [0.717, 1.165) is 0 Å². The zero-order valence-corrected chi connectivity index (χ0v) is 11.4. The number of hydrogen-bond acceptors (Lipinski definition) is 2. The van der Waals surface area contributed by atoms with Gasteiger partial charge in [0, 0.05) is 12.6 Å². The van der Waals surface area contributed by atoms with Crippen LogP contribution in [-0.4, -0.2) is 40.6 Å². The molecular weight excluding hydrogens is 220 g/mol. The van der Waals surface area contributed by atoms with Crippen LogP contribution in [0, 0.1) is 5.92 Å². The molecule has 1 atom stereocenters. The van der Waals surface area contributed by atoms with Crippen molar-refractivity contribution in [2.24, 2.45) is 5.92 Å². The highest BCUT2D eigenvalue weighted by Gasteiger charge is 2.24. The average molecular weight is 244 g/mol. The molecule has 0 bridgehead atoms. The Balaban J connectivity index is 4.54. The maximum absolute atomic E-state index is 11.9. The van der Waals surface area contributed by atoms with Gasteiger partial charge in [-0.1, -0.05) is 13.8 Å². The molecule has 1 unspecified atom stereocenters. The molecule has 0 aromatic heterocycles. The van der Waals surface area contributed by atoms with E-state index in [9.17, 15) is 9.59 Å². The topological polar surface area (TPSA) is 69.6 Å². The lowest BCUT2D eigenvalue weighted by atomic mass is 10.0. The lowest BCUT2D eigenvalue weighted by Gasteiger charge is -2.27. The van der Waals surface area contributed by atoms with Crippen molar-refractivity contribution in [1.29, 1.82) is 0 Å². The molecule has 0 aromatic carbocycles. The van der Waals surface area contributed by atoms with Crippen LogP contribution in [0.5, 0.6) is 0 Å². The van der Waals surface area contributed by atoms with E-state index in [0.29, 0.717) is 13.0 Å². The third-order valence-corrected chi connectivity index (χ3v) is 2.53. The van der Waals surface area contributed by atoms with Gasteiger partial charge in [0.25, 0.3) is 0 Å². The molecule has 5 heteroatoms. The average Bonchev–Trinajstić information content (AvgIpc) is 2.15. The molecule has 0 aromatic rings. The summed E-state index contributed by atoms with van der Waals surface area (Å²) < 4.78 is 0. The van der Waals surface area contributed by atoms with Gasteiger partial charge in [0.1, 0.15) is 6.04 Å². The Morgan fingerprint density at radius 1 is 1.24 bits per heavy atom. The van der Waals surface area contributed by atoms with Crippen molar-refractivity contribution < 1.29 is 14.7 Å². The first-order valence-electron chi connectivity index (χ1n) is 6.09. The molecule has 0 radical (unpaired) electrons. The van der Waals surface area contributed by atoms with Crippen molar-refractivity contribution in [2.45, 2.75) is 53.1 Å². The number of nitrogens with one attached hydrogen (secondary N) is 1. The first kappa shape index (κ1) is 15.7. The zero-order valence-electron chi connectivity index (χ0n) is 11.4. The van der Waals surface area contributed by atoms with Crippen molar-refractivity contribution in [1.82, 2.24) is 10.2 Å². The van der Waals surface area contributed by atoms with E-state index in [1.807, 2.05) is 34.6 Å². The molecule has 5 nitrogen and oxygen atoms in total. The fourth-order valence-corrected chi connectivity index (χ4v) is 1.67. The molecule has 0 aliphatic rings. The number of hydrogen-bond donors (Lipinski definition) is 2. The number of urea groups is 1. The number of rotatable bonds is 6. The summed E-state index contributed by atoms with van der Waals surface area (Å²) >= 11 is 0. The molecule has 0 aliphatic carbocycles. The molecule has 0 heterocycles. The SMILES string of the molecule is CCN(C(=O)NC(CC(C)C)C(=O)O)C(C)C. The van der Waals surface area contributed by atoms with Gasteiger partial charge < -0.3 is 15.3 Å². The van der Waals surface area contributed by atoms with E-state index < -0.39 is 12.0 Å². The fourth-order valence-electron chi connectivity index (χ4n) is 1.67. The lowest BCUT2D eigenvalue weighted by Crippen LogP contribution is -2.50. The van der Waals surface area contributed by atoms with Crippen LogP contribution in [-0.2, 0) is 4.79 Å². The molecule has 0 saturated heterocycles. The first-order valence-corrected chi connectivity index (χ1v) is 6.09. The monoisotopic (exact) mass is 244 g/mol. The molecule has 0 rings (SSSR count). The van der Waals surface area contributed by atoms with Gasteiger partial charge in [-0.2, -0.15) is 0 Å². The van der Waals surface area contributed by atoms with Gasteiger partial charge in [-0.05, 0) is 33.1 Å². The maximum atomic E-state index is 11.9. The maximum Gasteiger partial charge on any atom is 0.326 e. The van der Waals surface area contributed by atoms with Crippen LogP contribution in [0.3, 0.4) is 0 Å². The Bertz CT molecular complexity index is 264. The smallest absolute Gasteiger partial charge is 0.326 e. The van der Waals surface area contributed by atoms with Crippen LogP contribution in [0.4, 0.5) is 4.79 Å². The Morgan fingerprint density at radius 2 is 1.76 bits per heavy atom. The molecule has 0 saturated carbocycles. The molecule has 0 spiro atoms. The summed E-state index contributed by atoms with van der Waals surface area (Å²) in [5.74, 6) is -0.752. The van der Waals surface area contributed by atoms with Crippen molar-refractivity contribution in [3.05, 3.63) is 0 Å². The summed E-state index contributed by atoms with van der Waals surface area (Å²) in [6, 6.07) is -1.06. The molecule has 2 N–H and O–H groups in total. The second-order valence-electron chi connectivity index (χ2n) is 4.85. The molecular formula is C12H24N2O3. The number of carboxylic acids is 1. The van der Waals surface area contributed by atoms with E-state index >= 15 is 0 Å². The Morgan fingerprint density at radius 3 is 2.06 bits per heavy atom. The van der Waals surface area contributed by atoms with Crippen LogP contribution in [0.25, 0.3) is 0 Å². The predicted octanol–water partition coefficient (Wildman–Crippen LogP) is 1.93. The van der Waals surface area contributed by atoms with Gasteiger partial charge in [-0.3, -0.25) is 0 Å². The van der Waals surface area contributed by atoms with E-state index in [2.05, 4.69) is 5.32 Å². The highest BCUT2D eigenvalue weighted by molar-refractivity contribution is 5.82. The van der Waals surface area contributed by atoms with Crippen LogP contribution in [0.1, 0.15) is 41.0 Å². The van der Waals surface area contributed by atoms with Gasteiger partial charge >= 0.3 is 12.0 Å². The Hall–Kier alpha value is -1.26. The van der Waals surface area contributed by atoms with Gasteiger partial charge in [0.15, 0.2) is 0 Å². The second kappa shape index (κ2) is 7.14. The lowest BCUT2D eigenvalue weighted by molar-refractivity contribution is -0.139. The van der Waals surface area contributed by atoms with E-state index in [1.54, 1.807) is 4.90 Å². The molecule has 0 fully saturated rings. The highest BCUT2D eigenvalue weighted by Crippen LogP contribution is 2.06. The Kier molecular flexibility index (Phi) is 6.61. The number of carboxylic acid groups (broad SMARTS) is 1. The number of amides is 2. The minimum Gasteiger partial charge on any atom is -0.480 e. The summed E-state index contributed by atoms with van der Waals surface area (Å²) in [7, 11) is 0. The molecule has 17 heavy (non-hydrogen) atoms. The second-order valence-corrected chi connectivity index (χ2v) is 4.85. The summed E-state index contributed by atoms with van der Waals surface area (Å²) in [6.45, 7) is 10.1. The largest absolute Gasteiger partial charge is 0.480 e. The number of aliphatic carboxylic acids is 1. The summed E-state index contributed by atoms with van der Waals surface area (Å²) in [6.07, 6.45) is 0.441. The van der Waals surface area contributed by atoms with Crippen LogP contribution >= 0.6 is 0 Å². The van der Waals surface area contributed by atoms with Crippen molar-refractivity contribution in [2.75, 3.05) is 6.54 Å². The summed E-state index contributed by atoms with van der Waals surface area (Å²) in [4.78, 5) is 24.5. The quantitative estimate of drug-likeness (QED) is 0.750. The summed E-state index contributed by atoms with van der Waals surface area (Å²) in [5.41, 5.74) is 0. The van der Waals surface area contributed by atoms with Crippen LogP contribution < -0.4 is 5.32 Å². The minimum atomic E-state index is -0.980. The van der Waals surface area contributed by atoms with Crippen molar-refractivity contribution in [3.63, 3.8) is 0 Å². The van der Waals surface area contributed by atoms with E-state index in [4.69, 9.17) is 5.11 Å². The van der Waals surface area contributed by atoms with Crippen LogP contribution in [0.2, 0.25) is 0 Å².